The van der Waals surface area contributed by atoms with Crippen LogP contribution in [0.5, 0.6) is 0 Å². The second kappa shape index (κ2) is 4.32. The summed E-state index contributed by atoms with van der Waals surface area (Å²) in [6.45, 7) is 0.936. The van der Waals surface area contributed by atoms with Crippen molar-refractivity contribution in [1.29, 1.82) is 0 Å². The van der Waals surface area contributed by atoms with Gasteiger partial charge in [0, 0.05) is 22.7 Å². The molecule has 1 saturated carbocycles. The monoisotopic (exact) mass is 254 g/mol. The molecule has 1 aromatic rings. The zero-order chi connectivity index (χ0) is 9.97. The Labute approximate surface area is 93.0 Å². The van der Waals surface area contributed by atoms with E-state index in [-0.39, 0.29) is 0 Å². The van der Waals surface area contributed by atoms with E-state index in [1.807, 2.05) is 12.1 Å². The number of anilines is 1. The minimum absolute atomic E-state index is 0.736. The number of hydrogen-bond acceptors (Lipinski definition) is 2. The van der Waals surface area contributed by atoms with Crippen LogP contribution in [0, 0.1) is 0 Å². The molecule has 1 aliphatic carbocycles. The van der Waals surface area contributed by atoms with Crippen molar-refractivity contribution in [2.45, 2.75) is 31.8 Å². The Morgan fingerprint density at radius 3 is 2.79 bits per heavy atom. The fourth-order valence-corrected chi connectivity index (χ4v) is 2.11. The van der Waals surface area contributed by atoms with E-state index in [2.05, 4.69) is 27.3 Å². The molecule has 3 N–H and O–H groups in total. The van der Waals surface area contributed by atoms with Crippen LogP contribution in [0.25, 0.3) is 0 Å². The number of nitrogen functional groups attached to an aromatic ring is 1. The van der Waals surface area contributed by atoms with Crippen LogP contribution < -0.4 is 11.1 Å². The van der Waals surface area contributed by atoms with Gasteiger partial charge in [-0.2, -0.15) is 0 Å². The molecule has 1 aromatic carbocycles. The molecule has 0 atom stereocenters. The molecule has 1 fully saturated rings. The van der Waals surface area contributed by atoms with Gasteiger partial charge in [0.05, 0.1) is 0 Å². The van der Waals surface area contributed by atoms with E-state index >= 15 is 0 Å². The number of rotatable bonds is 3. The Morgan fingerprint density at radius 2 is 2.21 bits per heavy atom. The van der Waals surface area contributed by atoms with Crippen molar-refractivity contribution in [3.05, 3.63) is 28.2 Å². The first-order valence-electron chi connectivity index (χ1n) is 5.03. The molecule has 0 saturated heterocycles. The van der Waals surface area contributed by atoms with Gasteiger partial charge in [0.1, 0.15) is 0 Å². The normalized spacial score (nSPS) is 16.6. The first-order valence-corrected chi connectivity index (χ1v) is 5.82. The maximum atomic E-state index is 5.67. The van der Waals surface area contributed by atoms with E-state index in [0.717, 1.165) is 22.7 Å². The second-order valence-corrected chi connectivity index (χ2v) is 4.71. The van der Waals surface area contributed by atoms with Gasteiger partial charge in [-0.3, -0.25) is 0 Å². The fraction of sp³-hybridized carbons (Fsp3) is 0.455. The van der Waals surface area contributed by atoms with Gasteiger partial charge in [0.25, 0.3) is 0 Å². The molecule has 0 unspecified atom stereocenters. The highest BCUT2D eigenvalue weighted by atomic mass is 79.9. The van der Waals surface area contributed by atoms with Crippen molar-refractivity contribution in [3.8, 4) is 0 Å². The number of benzene rings is 1. The van der Waals surface area contributed by atoms with Crippen molar-refractivity contribution in [1.82, 2.24) is 5.32 Å². The average Bonchev–Trinajstić information content (AvgIpc) is 2.05. The Kier molecular flexibility index (Phi) is 3.08. The lowest BCUT2D eigenvalue weighted by molar-refractivity contribution is 0.338. The number of nitrogens with one attached hydrogen (secondary N) is 1. The lowest BCUT2D eigenvalue weighted by atomic mass is 9.93. The average molecular weight is 255 g/mol. The van der Waals surface area contributed by atoms with Crippen molar-refractivity contribution in [3.63, 3.8) is 0 Å². The smallest absolute Gasteiger partial charge is 0.0325 e. The van der Waals surface area contributed by atoms with E-state index in [1.165, 1.54) is 24.8 Å². The number of hydrogen-bond donors (Lipinski definition) is 2. The quantitative estimate of drug-likeness (QED) is 0.815. The molecule has 0 aromatic heterocycles. The van der Waals surface area contributed by atoms with Gasteiger partial charge in [-0.15, -0.1) is 0 Å². The summed E-state index contributed by atoms with van der Waals surface area (Å²) >= 11 is 3.52. The molecule has 0 heterocycles. The van der Waals surface area contributed by atoms with E-state index in [0.29, 0.717) is 0 Å². The van der Waals surface area contributed by atoms with Crippen LogP contribution in [-0.4, -0.2) is 6.04 Å². The molecule has 2 nitrogen and oxygen atoms in total. The topological polar surface area (TPSA) is 38.0 Å². The SMILES string of the molecule is Nc1ccc(CNC2CCC2)c(Br)c1. The van der Waals surface area contributed by atoms with Gasteiger partial charge in [-0.05, 0) is 30.5 Å². The van der Waals surface area contributed by atoms with Crippen molar-refractivity contribution in [2.75, 3.05) is 5.73 Å². The van der Waals surface area contributed by atoms with Gasteiger partial charge >= 0.3 is 0 Å². The molecule has 14 heavy (non-hydrogen) atoms. The maximum Gasteiger partial charge on any atom is 0.0325 e. The zero-order valence-electron chi connectivity index (χ0n) is 8.09. The molecule has 0 aliphatic heterocycles. The van der Waals surface area contributed by atoms with Crippen LogP contribution in [0.1, 0.15) is 24.8 Å². The number of halogens is 1. The highest BCUT2D eigenvalue weighted by molar-refractivity contribution is 9.10. The molecule has 3 heteroatoms. The predicted octanol–water partition coefficient (Wildman–Crippen LogP) is 2.67. The molecule has 1 aliphatic rings. The van der Waals surface area contributed by atoms with Crippen LogP contribution in [0.4, 0.5) is 5.69 Å². The maximum absolute atomic E-state index is 5.67. The van der Waals surface area contributed by atoms with Gasteiger partial charge < -0.3 is 11.1 Å². The zero-order valence-corrected chi connectivity index (χ0v) is 9.68. The largest absolute Gasteiger partial charge is 0.399 e. The summed E-state index contributed by atoms with van der Waals surface area (Å²) in [7, 11) is 0. The Bertz CT molecular complexity index is 321. The summed E-state index contributed by atoms with van der Waals surface area (Å²) in [5.74, 6) is 0. The van der Waals surface area contributed by atoms with Crippen LogP contribution in [-0.2, 0) is 6.54 Å². The van der Waals surface area contributed by atoms with Gasteiger partial charge in [0.15, 0.2) is 0 Å². The fourth-order valence-electron chi connectivity index (χ4n) is 1.57. The van der Waals surface area contributed by atoms with Gasteiger partial charge in [0.2, 0.25) is 0 Å². The van der Waals surface area contributed by atoms with Crippen LogP contribution in [0.15, 0.2) is 22.7 Å². The summed E-state index contributed by atoms with van der Waals surface area (Å²) in [4.78, 5) is 0. The van der Waals surface area contributed by atoms with Crippen LogP contribution >= 0.6 is 15.9 Å². The van der Waals surface area contributed by atoms with Gasteiger partial charge in [-0.25, -0.2) is 0 Å². The third kappa shape index (κ3) is 2.28. The van der Waals surface area contributed by atoms with E-state index in [4.69, 9.17) is 5.73 Å². The molecule has 0 spiro atoms. The summed E-state index contributed by atoms with van der Waals surface area (Å²) in [5.41, 5.74) is 7.76. The van der Waals surface area contributed by atoms with Crippen molar-refractivity contribution >= 4 is 21.6 Å². The lowest BCUT2D eigenvalue weighted by Gasteiger charge is -2.26. The van der Waals surface area contributed by atoms with E-state index in [9.17, 15) is 0 Å². The molecule has 2 rings (SSSR count). The molecule has 0 radical (unpaired) electrons. The Morgan fingerprint density at radius 1 is 1.43 bits per heavy atom. The third-order valence-electron chi connectivity index (χ3n) is 2.76. The molecule has 0 amide bonds. The minimum atomic E-state index is 0.736. The standard InChI is InChI=1S/C11H15BrN2/c12-11-6-9(13)5-4-8(11)7-14-10-2-1-3-10/h4-6,10,14H,1-3,7,13H2. The molecule has 76 valence electrons. The van der Waals surface area contributed by atoms with Crippen molar-refractivity contribution in [2.24, 2.45) is 0 Å². The number of nitrogens with two attached hydrogens (primary N) is 1. The second-order valence-electron chi connectivity index (χ2n) is 3.86. The highest BCUT2D eigenvalue weighted by Gasteiger charge is 2.16. The van der Waals surface area contributed by atoms with E-state index in [1.54, 1.807) is 0 Å². The highest BCUT2D eigenvalue weighted by Crippen LogP contribution is 2.22. The predicted molar refractivity (Wildman–Crippen MR) is 63.0 cm³/mol. The Hall–Kier alpha value is -0.540. The molecule has 0 bridgehead atoms. The van der Waals surface area contributed by atoms with Crippen molar-refractivity contribution < 1.29 is 0 Å². The van der Waals surface area contributed by atoms with Crippen LogP contribution in [0.2, 0.25) is 0 Å². The first kappa shape index (κ1) is 9.99. The molecular weight excluding hydrogens is 240 g/mol. The summed E-state index contributed by atoms with van der Waals surface area (Å²) in [6.07, 6.45) is 4.03. The van der Waals surface area contributed by atoms with E-state index < -0.39 is 0 Å². The first-order chi connectivity index (χ1) is 6.75. The summed E-state index contributed by atoms with van der Waals surface area (Å²) < 4.78 is 1.10. The van der Waals surface area contributed by atoms with Crippen LogP contribution in [0.3, 0.4) is 0 Å². The summed E-state index contributed by atoms with van der Waals surface area (Å²) in [5, 5.41) is 3.52. The summed E-state index contributed by atoms with van der Waals surface area (Å²) in [6, 6.07) is 6.71. The Balaban J connectivity index is 1.94. The lowest BCUT2D eigenvalue weighted by Crippen LogP contribution is -2.34. The minimum Gasteiger partial charge on any atom is -0.399 e. The van der Waals surface area contributed by atoms with Gasteiger partial charge in [-0.1, -0.05) is 28.4 Å². The third-order valence-corrected chi connectivity index (χ3v) is 3.50. The molecular formula is C11H15BrN2.